The van der Waals surface area contributed by atoms with Gasteiger partial charge in [-0.25, -0.2) is 4.39 Å². The molecule has 4 nitrogen and oxygen atoms in total. The number of phenolic OH excluding ortho intramolecular Hbond substituents is 1. The van der Waals surface area contributed by atoms with Crippen molar-refractivity contribution in [2.24, 2.45) is 0 Å². The van der Waals surface area contributed by atoms with E-state index in [0.717, 1.165) is 6.07 Å². The van der Waals surface area contributed by atoms with Crippen LogP contribution in [0.2, 0.25) is 0 Å². The van der Waals surface area contributed by atoms with Gasteiger partial charge < -0.3 is 10.2 Å². The fraction of sp³-hybridized carbons (Fsp3) is 0.462. The molecule has 1 aromatic rings. The highest BCUT2D eigenvalue weighted by atomic mass is 19.1. The molecule has 1 unspecified atom stereocenters. The summed E-state index contributed by atoms with van der Waals surface area (Å²) in [5.74, 6) is -1.13. The van der Waals surface area contributed by atoms with Crippen LogP contribution in [0.15, 0.2) is 12.1 Å². The van der Waals surface area contributed by atoms with Crippen molar-refractivity contribution in [2.75, 3.05) is 13.7 Å². The SMILES string of the molecule is CC(=O)c1cc(F)cc(CN(C)C(C)CO)c1O. The molecule has 1 atom stereocenters. The third-order valence-electron chi connectivity index (χ3n) is 2.97. The van der Waals surface area contributed by atoms with Gasteiger partial charge in [-0.1, -0.05) is 0 Å². The molecule has 5 heteroatoms. The van der Waals surface area contributed by atoms with Crippen molar-refractivity contribution in [3.63, 3.8) is 0 Å². The fourth-order valence-corrected chi connectivity index (χ4v) is 1.61. The van der Waals surface area contributed by atoms with Gasteiger partial charge in [0.15, 0.2) is 5.78 Å². The van der Waals surface area contributed by atoms with E-state index in [0.29, 0.717) is 5.56 Å². The lowest BCUT2D eigenvalue weighted by Gasteiger charge is -2.23. The topological polar surface area (TPSA) is 60.8 Å². The Bertz CT molecular complexity index is 448. The van der Waals surface area contributed by atoms with Crippen LogP contribution in [0.3, 0.4) is 0 Å². The molecule has 18 heavy (non-hydrogen) atoms. The van der Waals surface area contributed by atoms with Crippen LogP contribution in [-0.4, -0.2) is 40.6 Å². The van der Waals surface area contributed by atoms with E-state index in [1.807, 2.05) is 6.92 Å². The second kappa shape index (κ2) is 5.93. The van der Waals surface area contributed by atoms with Gasteiger partial charge in [0.2, 0.25) is 0 Å². The van der Waals surface area contributed by atoms with Crippen LogP contribution >= 0.6 is 0 Å². The lowest BCUT2D eigenvalue weighted by molar-refractivity contribution is 0.101. The number of carbonyl (C=O) groups excluding carboxylic acids is 1. The Hall–Kier alpha value is -1.46. The molecule has 0 spiro atoms. The second-order valence-electron chi connectivity index (χ2n) is 4.46. The van der Waals surface area contributed by atoms with E-state index < -0.39 is 5.82 Å². The number of aromatic hydroxyl groups is 1. The molecule has 0 aliphatic carbocycles. The predicted molar refractivity (Wildman–Crippen MR) is 66.1 cm³/mol. The molecule has 100 valence electrons. The summed E-state index contributed by atoms with van der Waals surface area (Å²) in [4.78, 5) is 13.0. The Balaban J connectivity index is 3.06. The van der Waals surface area contributed by atoms with Crippen LogP contribution in [0.25, 0.3) is 0 Å². The monoisotopic (exact) mass is 255 g/mol. The average molecular weight is 255 g/mol. The molecule has 0 fully saturated rings. The summed E-state index contributed by atoms with van der Waals surface area (Å²) >= 11 is 0. The lowest BCUT2D eigenvalue weighted by Crippen LogP contribution is -2.31. The number of phenols is 1. The predicted octanol–water partition coefficient (Wildman–Crippen LogP) is 1.55. The molecule has 0 heterocycles. The van der Waals surface area contributed by atoms with E-state index in [2.05, 4.69) is 0 Å². The number of ketones is 1. The molecule has 0 saturated carbocycles. The second-order valence-corrected chi connectivity index (χ2v) is 4.46. The zero-order valence-corrected chi connectivity index (χ0v) is 10.8. The van der Waals surface area contributed by atoms with E-state index in [4.69, 9.17) is 5.11 Å². The average Bonchev–Trinajstić information content (AvgIpc) is 2.31. The number of hydrogen-bond donors (Lipinski definition) is 2. The van der Waals surface area contributed by atoms with Crippen molar-refractivity contribution in [2.45, 2.75) is 26.4 Å². The molecule has 0 aliphatic rings. The van der Waals surface area contributed by atoms with Gasteiger partial charge in [0.1, 0.15) is 11.6 Å². The van der Waals surface area contributed by atoms with Crippen LogP contribution in [-0.2, 0) is 6.54 Å². The standard InChI is InChI=1S/C13H18FNO3/c1-8(7-16)15(3)6-10-4-11(14)5-12(9(2)17)13(10)18/h4-5,8,16,18H,6-7H2,1-3H3. The van der Waals surface area contributed by atoms with Gasteiger partial charge in [-0.2, -0.15) is 0 Å². The summed E-state index contributed by atoms with van der Waals surface area (Å²) in [6.07, 6.45) is 0. The number of hydrogen-bond acceptors (Lipinski definition) is 4. The Kier molecular flexibility index (Phi) is 4.81. The minimum Gasteiger partial charge on any atom is -0.507 e. The van der Waals surface area contributed by atoms with Crippen molar-refractivity contribution in [3.05, 3.63) is 29.1 Å². The van der Waals surface area contributed by atoms with E-state index in [9.17, 15) is 14.3 Å². The van der Waals surface area contributed by atoms with Crippen LogP contribution in [0.5, 0.6) is 5.75 Å². The van der Waals surface area contributed by atoms with E-state index >= 15 is 0 Å². The Morgan fingerprint density at radius 2 is 2.11 bits per heavy atom. The summed E-state index contributed by atoms with van der Waals surface area (Å²) in [6, 6.07) is 2.10. The van der Waals surface area contributed by atoms with Crippen molar-refractivity contribution in [1.82, 2.24) is 4.90 Å². The maximum atomic E-state index is 13.4. The van der Waals surface area contributed by atoms with Gasteiger partial charge in [0.25, 0.3) is 0 Å². The first-order chi connectivity index (χ1) is 8.36. The lowest BCUT2D eigenvalue weighted by atomic mass is 10.0. The Labute approximate surface area is 106 Å². The number of halogens is 1. The highest BCUT2D eigenvalue weighted by Gasteiger charge is 2.16. The molecule has 0 radical (unpaired) electrons. The third kappa shape index (κ3) is 3.27. The van der Waals surface area contributed by atoms with E-state index in [1.165, 1.54) is 13.0 Å². The van der Waals surface area contributed by atoms with Gasteiger partial charge in [-0.15, -0.1) is 0 Å². The molecule has 1 rings (SSSR count). The van der Waals surface area contributed by atoms with E-state index in [1.54, 1.807) is 11.9 Å². The van der Waals surface area contributed by atoms with Gasteiger partial charge >= 0.3 is 0 Å². The van der Waals surface area contributed by atoms with Crippen molar-refractivity contribution >= 4 is 5.78 Å². The molecule has 0 saturated heterocycles. The summed E-state index contributed by atoms with van der Waals surface area (Å²) in [5, 5.41) is 18.9. The number of rotatable bonds is 5. The summed E-state index contributed by atoms with van der Waals surface area (Å²) < 4.78 is 13.4. The van der Waals surface area contributed by atoms with Crippen molar-refractivity contribution in [1.29, 1.82) is 0 Å². The molecule has 0 aromatic heterocycles. The van der Waals surface area contributed by atoms with Crippen LogP contribution in [0.1, 0.15) is 29.8 Å². The first kappa shape index (κ1) is 14.6. The Morgan fingerprint density at radius 3 is 2.61 bits per heavy atom. The molecule has 2 N–H and O–H groups in total. The number of likely N-dealkylation sites (N-methyl/N-ethyl adjacent to an activating group) is 1. The normalized spacial score (nSPS) is 12.8. The number of carbonyl (C=O) groups is 1. The van der Waals surface area contributed by atoms with Crippen molar-refractivity contribution < 1.29 is 19.4 Å². The molecule has 0 aliphatic heterocycles. The highest BCUT2D eigenvalue weighted by Crippen LogP contribution is 2.26. The van der Waals surface area contributed by atoms with Gasteiger partial charge in [-0.3, -0.25) is 9.69 Å². The number of Topliss-reactive ketones (excluding diaryl/α,β-unsaturated/α-hetero) is 1. The maximum Gasteiger partial charge on any atom is 0.163 e. The van der Waals surface area contributed by atoms with E-state index in [-0.39, 0.29) is 36.3 Å². The fourth-order valence-electron chi connectivity index (χ4n) is 1.61. The third-order valence-corrected chi connectivity index (χ3v) is 2.97. The minimum atomic E-state index is -0.557. The van der Waals surface area contributed by atoms with Crippen molar-refractivity contribution in [3.8, 4) is 5.75 Å². The summed E-state index contributed by atoms with van der Waals surface area (Å²) in [6.45, 7) is 3.30. The van der Waals surface area contributed by atoms with Crippen LogP contribution in [0.4, 0.5) is 4.39 Å². The van der Waals surface area contributed by atoms with Crippen LogP contribution in [0, 0.1) is 5.82 Å². The smallest absolute Gasteiger partial charge is 0.163 e. The van der Waals surface area contributed by atoms with Gasteiger partial charge in [0.05, 0.1) is 12.2 Å². The Morgan fingerprint density at radius 1 is 1.50 bits per heavy atom. The minimum absolute atomic E-state index is 0.0185. The maximum absolute atomic E-state index is 13.4. The number of nitrogens with zero attached hydrogens (tertiary/aromatic N) is 1. The quantitative estimate of drug-likeness (QED) is 0.784. The first-order valence-electron chi connectivity index (χ1n) is 5.70. The van der Waals surface area contributed by atoms with Gasteiger partial charge in [-0.05, 0) is 33.0 Å². The number of benzene rings is 1. The van der Waals surface area contributed by atoms with Gasteiger partial charge in [0, 0.05) is 18.2 Å². The largest absolute Gasteiger partial charge is 0.507 e. The summed E-state index contributed by atoms with van der Waals surface area (Å²) in [7, 11) is 1.75. The highest BCUT2D eigenvalue weighted by molar-refractivity contribution is 5.97. The molecular formula is C13H18FNO3. The van der Waals surface area contributed by atoms with Crippen LogP contribution < -0.4 is 0 Å². The molecule has 0 amide bonds. The zero-order valence-electron chi connectivity index (χ0n) is 10.8. The summed E-state index contributed by atoms with van der Waals surface area (Å²) in [5.41, 5.74) is 0.318. The first-order valence-corrected chi connectivity index (χ1v) is 5.70. The molecule has 1 aromatic carbocycles. The molecular weight excluding hydrogens is 237 g/mol. The zero-order chi connectivity index (χ0) is 13.9. The molecule has 0 bridgehead atoms. The number of aliphatic hydroxyl groups is 1. The number of aliphatic hydroxyl groups excluding tert-OH is 1.